The summed E-state index contributed by atoms with van der Waals surface area (Å²) in [6.07, 6.45) is -9.47. The van der Waals surface area contributed by atoms with Gasteiger partial charge in [-0.3, -0.25) is 14.2 Å². The maximum absolute atomic E-state index is 13.6. The molecular formula is C26H18F7N5O2S. The number of carbonyl (C=O) groups is 2. The molecule has 2 amide bonds. The fourth-order valence-corrected chi connectivity index (χ4v) is 4.47. The third-order valence-electron chi connectivity index (χ3n) is 5.51. The molecular weight excluding hydrogens is 579 g/mol. The number of carbonyl (C=O) groups excluding carboxylic acids is 2. The van der Waals surface area contributed by atoms with Crippen LogP contribution < -0.4 is 10.6 Å². The van der Waals surface area contributed by atoms with Crippen LogP contribution in [0.1, 0.15) is 27.3 Å². The first-order chi connectivity index (χ1) is 19.3. The Hall–Kier alpha value is -4.40. The Bertz CT molecular complexity index is 1550. The van der Waals surface area contributed by atoms with Gasteiger partial charge in [0.25, 0.3) is 5.91 Å². The molecule has 0 unspecified atom stereocenters. The van der Waals surface area contributed by atoms with E-state index in [4.69, 9.17) is 0 Å². The molecule has 2 N–H and O–H groups in total. The lowest BCUT2D eigenvalue weighted by Crippen LogP contribution is -2.27. The number of nitrogens with one attached hydrogen (secondary N) is 2. The zero-order valence-corrected chi connectivity index (χ0v) is 21.4. The fourth-order valence-electron chi connectivity index (χ4n) is 3.70. The van der Waals surface area contributed by atoms with E-state index in [1.54, 1.807) is 0 Å². The normalized spacial score (nSPS) is 11.8. The lowest BCUT2D eigenvalue weighted by molar-refractivity contribution is -0.138. The van der Waals surface area contributed by atoms with Gasteiger partial charge in [-0.15, -0.1) is 10.2 Å². The molecule has 3 aromatic carbocycles. The number of aromatic nitrogens is 3. The highest BCUT2D eigenvalue weighted by molar-refractivity contribution is 7.99. The molecule has 4 rings (SSSR count). The van der Waals surface area contributed by atoms with Crippen LogP contribution in [0.15, 0.2) is 78.0 Å². The third-order valence-corrected chi connectivity index (χ3v) is 6.44. The molecule has 0 radical (unpaired) electrons. The summed E-state index contributed by atoms with van der Waals surface area (Å²) in [5.41, 5.74) is -2.92. The van der Waals surface area contributed by atoms with E-state index in [0.29, 0.717) is 5.69 Å². The van der Waals surface area contributed by atoms with Crippen LogP contribution >= 0.6 is 11.8 Å². The van der Waals surface area contributed by atoms with Crippen molar-refractivity contribution in [3.63, 3.8) is 0 Å². The molecule has 41 heavy (non-hydrogen) atoms. The Morgan fingerprint density at radius 3 is 2.07 bits per heavy atom. The standard InChI is InChI=1S/C26H18F7N5O2S/c27-15-9-11-16(12-10-15)38-21(13-34-23(40)17-5-1-2-6-18(17)25(28,29)30)36-37-24(38)41-14-22(39)35-20-8-4-3-7-19(20)26(31,32)33/h1-12H,13-14H2,(H,34,40)(H,35,39). The summed E-state index contributed by atoms with van der Waals surface area (Å²) >= 11 is 0.785. The van der Waals surface area contributed by atoms with Crippen LogP contribution in [0.25, 0.3) is 5.69 Å². The molecule has 0 bridgehead atoms. The highest BCUT2D eigenvalue weighted by Gasteiger charge is 2.35. The molecule has 1 aromatic heterocycles. The Morgan fingerprint density at radius 2 is 1.41 bits per heavy atom. The van der Waals surface area contributed by atoms with Crippen LogP contribution in [-0.2, 0) is 23.7 Å². The van der Waals surface area contributed by atoms with Crippen LogP contribution in [0.5, 0.6) is 0 Å². The van der Waals surface area contributed by atoms with Gasteiger partial charge < -0.3 is 10.6 Å². The lowest BCUT2D eigenvalue weighted by atomic mass is 10.1. The predicted molar refractivity (Wildman–Crippen MR) is 135 cm³/mol. The number of para-hydroxylation sites is 1. The summed E-state index contributed by atoms with van der Waals surface area (Å²) in [5.74, 6) is -2.78. The van der Waals surface area contributed by atoms with Crippen molar-refractivity contribution in [2.75, 3.05) is 11.1 Å². The predicted octanol–water partition coefficient (Wildman–Crippen LogP) is 6.10. The van der Waals surface area contributed by atoms with Gasteiger partial charge in [-0.25, -0.2) is 4.39 Å². The fraction of sp³-hybridized carbons (Fsp3) is 0.154. The number of rotatable bonds is 8. The topological polar surface area (TPSA) is 88.9 Å². The highest BCUT2D eigenvalue weighted by Crippen LogP contribution is 2.35. The van der Waals surface area contributed by atoms with Gasteiger partial charge in [0.15, 0.2) is 11.0 Å². The van der Waals surface area contributed by atoms with Gasteiger partial charge in [0.1, 0.15) is 5.82 Å². The van der Waals surface area contributed by atoms with Crippen LogP contribution in [-0.4, -0.2) is 32.3 Å². The zero-order chi connectivity index (χ0) is 29.8. The van der Waals surface area contributed by atoms with Crippen molar-refractivity contribution in [3.05, 3.63) is 101 Å². The van der Waals surface area contributed by atoms with Gasteiger partial charge in [0.05, 0.1) is 34.7 Å². The Morgan fingerprint density at radius 1 is 0.805 bits per heavy atom. The molecule has 0 aliphatic rings. The van der Waals surface area contributed by atoms with Crippen LogP contribution in [0, 0.1) is 5.82 Å². The van der Waals surface area contributed by atoms with Crippen molar-refractivity contribution in [2.45, 2.75) is 24.1 Å². The number of hydrogen-bond acceptors (Lipinski definition) is 5. The molecule has 0 fully saturated rings. The summed E-state index contributed by atoms with van der Waals surface area (Å²) in [7, 11) is 0. The Labute approximate surface area is 231 Å². The molecule has 0 saturated heterocycles. The van der Waals surface area contributed by atoms with Crippen molar-refractivity contribution in [1.29, 1.82) is 0 Å². The smallest absolute Gasteiger partial charge is 0.345 e. The molecule has 0 saturated carbocycles. The summed E-state index contributed by atoms with van der Waals surface area (Å²) in [6.45, 7) is -0.402. The molecule has 0 aliphatic heterocycles. The Balaban J connectivity index is 1.54. The van der Waals surface area contributed by atoms with Crippen molar-refractivity contribution in [1.82, 2.24) is 20.1 Å². The van der Waals surface area contributed by atoms with Crippen LogP contribution in [0.3, 0.4) is 0 Å². The first-order valence-corrected chi connectivity index (χ1v) is 12.6. The quantitative estimate of drug-likeness (QED) is 0.189. The largest absolute Gasteiger partial charge is 0.418 e. The van der Waals surface area contributed by atoms with Gasteiger partial charge in [-0.05, 0) is 48.5 Å². The molecule has 214 valence electrons. The van der Waals surface area contributed by atoms with Gasteiger partial charge in [0.2, 0.25) is 5.91 Å². The summed E-state index contributed by atoms with van der Waals surface area (Å²) < 4.78 is 94.6. The lowest BCUT2D eigenvalue weighted by Gasteiger charge is -2.14. The number of thioether (sulfide) groups is 1. The minimum Gasteiger partial charge on any atom is -0.345 e. The van der Waals surface area contributed by atoms with E-state index in [1.807, 2.05) is 0 Å². The Kier molecular flexibility index (Phi) is 8.66. The van der Waals surface area contributed by atoms with E-state index in [0.717, 1.165) is 54.2 Å². The van der Waals surface area contributed by atoms with E-state index in [-0.39, 0.29) is 11.0 Å². The number of alkyl halides is 6. The minimum atomic E-state index is -4.77. The second kappa shape index (κ2) is 12.0. The van der Waals surface area contributed by atoms with E-state index in [2.05, 4.69) is 20.8 Å². The molecule has 0 spiro atoms. The second-order valence-electron chi connectivity index (χ2n) is 8.32. The second-order valence-corrected chi connectivity index (χ2v) is 9.26. The zero-order valence-electron chi connectivity index (χ0n) is 20.6. The van der Waals surface area contributed by atoms with E-state index < -0.39 is 64.7 Å². The molecule has 1 heterocycles. The average molecular weight is 598 g/mol. The average Bonchev–Trinajstić information content (AvgIpc) is 3.33. The van der Waals surface area contributed by atoms with E-state index in [9.17, 15) is 40.3 Å². The summed E-state index contributed by atoms with van der Waals surface area (Å²) in [5, 5.41) is 12.5. The van der Waals surface area contributed by atoms with Crippen molar-refractivity contribution < 1.29 is 40.3 Å². The highest BCUT2D eigenvalue weighted by atomic mass is 32.2. The van der Waals surface area contributed by atoms with Crippen molar-refractivity contribution in [2.24, 2.45) is 0 Å². The maximum Gasteiger partial charge on any atom is 0.418 e. The van der Waals surface area contributed by atoms with E-state index in [1.165, 1.54) is 34.9 Å². The maximum atomic E-state index is 13.6. The van der Waals surface area contributed by atoms with Crippen molar-refractivity contribution >= 4 is 29.3 Å². The first kappa shape index (κ1) is 29.6. The third kappa shape index (κ3) is 7.22. The summed E-state index contributed by atoms with van der Waals surface area (Å²) in [6, 6.07) is 13.5. The van der Waals surface area contributed by atoms with Gasteiger partial charge >= 0.3 is 12.4 Å². The van der Waals surface area contributed by atoms with Crippen LogP contribution in [0.2, 0.25) is 0 Å². The monoisotopic (exact) mass is 597 g/mol. The number of halogens is 7. The van der Waals surface area contributed by atoms with Crippen molar-refractivity contribution in [3.8, 4) is 5.69 Å². The molecule has 15 heteroatoms. The molecule has 0 atom stereocenters. The van der Waals surface area contributed by atoms with Gasteiger partial charge in [0, 0.05) is 5.69 Å². The van der Waals surface area contributed by atoms with Gasteiger partial charge in [-0.1, -0.05) is 36.0 Å². The molecule has 4 aromatic rings. The van der Waals surface area contributed by atoms with Crippen LogP contribution in [0.4, 0.5) is 36.4 Å². The summed E-state index contributed by atoms with van der Waals surface area (Å²) in [4.78, 5) is 25.1. The SMILES string of the molecule is O=C(CSc1nnc(CNC(=O)c2ccccc2C(F)(F)F)n1-c1ccc(F)cc1)Nc1ccccc1C(F)(F)F. The number of nitrogens with zero attached hydrogens (tertiary/aromatic N) is 3. The number of anilines is 1. The van der Waals surface area contributed by atoms with Gasteiger partial charge in [-0.2, -0.15) is 26.3 Å². The number of benzene rings is 3. The number of hydrogen-bond donors (Lipinski definition) is 2. The minimum absolute atomic E-state index is 0.0276. The molecule has 7 nitrogen and oxygen atoms in total. The van der Waals surface area contributed by atoms with E-state index >= 15 is 0 Å². The first-order valence-electron chi connectivity index (χ1n) is 11.6. The molecule has 0 aliphatic carbocycles. The number of amides is 2.